The quantitative estimate of drug-likeness (QED) is 0.781. The third-order valence-electron chi connectivity index (χ3n) is 4.31. The Hall–Kier alpha value is -2.95. The number of hydrogen-bond acceptors (Lipinski definition) is 4. The minimum Gasteiger partial charge on any atom is -0.508 e. The molecule has 126 valence electrons. The first kappa shape index (κ1) is 15.6. The van der Waals surface area contributed by atoms with Crippen LogP contribution < -0.4 is 4.74 Å². The predicted molar refractivity (Wildman–Crippen MR) is 91.9 cm³/mol. The summed E-state index contributed by atoms with van der Waals surface area (Å²) in [6.45, 7) is 0.320. The van der Waals surface area contributed by atoms with Crippen molar-refractivity contribution in [3.05, 3.63) is 71.4 Å². The number of aromatic nitrogens is 2. The normalized spacial score (nSPS) is 12.8. The number of phenolic OH excluding ortho intramolecular Hbond substituents is 1. The molecule has 25 heavy (non-hydrogen) atoms. The summed E-state index contributed by atoms with van der Waals surface area (Å²) in [4.78, 5) is 8.83. The SMILES string of the molecule is Oc1cc(F)cc(-c2cc(OCc3ccccn3)nc3c2CCC3)c1. The number of hydrogen-bond donors (Lipinski definition) is 1. The van der Waals surface area contributed by atoms with Gasteiger partial charge in [-0.25, -0.2) is 9.37 Å². The van der Waals surface area contributed by atoms with Crippen molar-refractivity contribution < 1.29 is 14.2 Å². The lowest BCUT2D eigenvalue weighted by atomic mass is 9.99. The van der Waals surface area contributed by atoms with Crippen LogP contribution in [0.4, 0.5) is 4.39 Å². The fraction of sp³-hybridized carbons (Fsp3) is 0.200. The van der Waals surface area contributed by atoms with E-state index in [1.165, 1.54) is 6.07 Å². The molecule has 0 aliphatic heterocycles. The number of benzene rings is 1. The number of aromatic hydroxyl groups is 1. The molecule has 0 amide bonds. The number of phenols is 1. The van der Waals surface area contributed by atoms with Gasteiger partial charge in [0.1, 0.15) is 18.2 Å². The molecule has 3 aromatic rings. The van der Waals surface area contributed by atoms with Gasteiger partial charge in [0.15, 0.2) is 0 Å². The first-order valence-electron chi connectivity index (χ1n) is 8.24. The maximum absolute atomic E-state index is 13.7. The van der Waals surface area contributed by atoms with E-state index in [-0.39, 0.29) is 5.75 Å². The largest absolute Gasteiger partial charge is 0.508 e. The van der Waals surface area contributed by atoms with Gasteiger partial charge in [0.25, 0.3) is 0 Å². The summed E-state index contributed by atoms with van der Waals surface area (Å²) in [6, 6.07) is 11.6. The maximum atomic E-state index is 13.7. The van der Waals surface area contributed by atoms with E-state index in [9.17, 15) is 9.50 Å². The zero-order valence-corrected chi connectivity index (χ0v) is 13.6. The van der Waals surface area contributed by atoms with Crippen LogP contribution in [0.2, 0.25) is 0 Å². The number of rotatable bonds is 4. The first-order valence-corrected chi connectivity index (χ1v) is 8.24. The summed E-state index contributed by atoms with van der Waals surface area (Å²) >= 11 is 0. The highest BCUT2D eigenvalue weighted by Gasteiger charge is 2.20. The summed E-state index contributed by atoms with van der Waals surface area (Å²) < 4.78 is 19.5. The monoisotopic (exact) mass is 336 g/mol. The van der Waals surface area contributed by atoms with E-state index in [1.54, 1.807) is 12.3 Å². The minimum absolute atomic E-state index is 0.0884. The fourth-order valence-corrected chi connectivity index (χ4v) is 3.21. The van der Waals surface area contributed by atoms with Crippen molar-refractivity contribution in [2.75, 3.05) is 0 Å². The number of halogens is 1. The first-order chi connectivity index (χ1) is 12.2. The van der Waals surface area contributed by atoms with Crippen LogP contribution in [0, 0.1) is 5.82 Å². The van der Waals surface area contributed by atoms with E-state index in [0.29, 0.717) is 18.1 Å². The van der Waals surface area contributed by atoms with Crippen LogP contribution in [0.15, 0.2) is 48.7 Å². The second-order valence-corrected chi connectivity index (χ2v) is 6.09. The summed E-state index contributed by atoms with van der Waals surface area (Å²) in [5, 5.41) is 9.73. The predicted octanol–water partition coefficient (Wildman–Crippen LogP) is 4.06. The zero-order valence-electron chi connectivity index (χ0n) is 13.6. The molecule has 0 atom stereocenters. The van der Waals surface area contributed by atoms with Gasteiger partial charge in [-0.1, -0.05) is 6.07 Å². The second kappa shape index (κ2) is 6.51. The van der Waals surface area contributed by atoms with Gasteiger partial charge in [-0.15, -0.1) is 0 Å². The molecule has 0 unspecified atom stereocenters. The van der Waals surface area contributed by atoms with Gasteiger partial charge in [0.2, 0.25) is 5.88 Å². The lowest BCUT2D eigenvalue weighted by molar-refractivity contribution is 0.288. The van der Waals surface area contributed by atoms with E-state index in [0.717, 1.165) is 47.8 Å². The number of pyridine rings is 2. The number of fused-ring (bicyclic) bond motifs is 1. The molecular formula is C20H17FN2O2. The van der Waals surface area contributed by atoms with E-state index in [1.807, 2.05) is 24.3 Å². The molecule has 0 bridgehead atoms. The van der Waals surface area contributed by atoms with Gasteiger partial charge in [0.05, 0.1) is 5.69 Å². The van der Waals surface area contributed by atoms with Crippen LogP contribution >= 0.6 is 0 Å². The van der Waals surface area contributed by atoms with E-state index in [2.05, 4.69) is 9.97 Å². The Morgan fingerprint density at radius 3 is 2.84 bits per heavy atom. The van der Waals surface area contributed by atoms with Crippen molar-refractivity contribution in [3.63, 3.8) is 0 Å². The van der Waals surface area contributed by atoms with Gasteiger partial charge in [0, 0.05) is 24.0 Å². The summed E-state index contributed by atoms with van der Waals surface area (Å²) in [7, 11) is 0. The van der Waals surface area contributed by atoms with Crippen molar-refractivity contribution in [2.24, 2.45) is 0 Å². The van der Waals surface area contributed by atoms with Gasteiger partial charge in [-0.3, -0.25) is 4.98 Å². The Bertz CT molecular complexity index is 893. The fourth-order valence-electron chi connectivity index (χ4n) is 3.21. The molecule has 0 fully saturated rings. The Kier molecular flexibility index (Phi) is 4.06. The Morgan fingerprint density at radius 2 is 2.04 bits per heavy atom. The number of aryl methyl sites for hydroxylation is 1. The van der Waals surface area contributed by atoms with Crippen molar-refractivity contribution in [2.45, 2.75) is 25.9 Å². The average molecular weight is 336 g/mol. The average Bonchev–Trinajstić information content (AvgIpc) is 3.08. The van der Waals surface area contributed by atoms with Crippen molar-refractivity contribution in [1.29, 1.82) is 0 Å². The molecule has 0 saturated carbocycles. The zero-order chi connectivity index (χ0) is 17.2. The van der Waals surface area contributed by atoms with E-state index >= 15 is 0 Å². The topological polar surface area (TPSA) is 55.2 Å². The molecular weight excluding hydrogens is 319 g/mol. The Labute approximate surface area is 145 Å². The highest BCUT2D eigenvalue weighted by molar-refractivity contribution is 5.71. The smallest absolute Gasteiger partial charge is 0.214 e. The molecule has 0 spiro atoms. The van der Waals surface area contributed by atoms with Gasteiger partial charge in [-0.05, 0) is 60.2 Å². The standard InChI is InChI=1S/C20H17FN2O2/c21-14-8-13(9-16(24)10-14)18-11-20(23-19-6-3-5-17(18)19)25-12-15-4-1-2-7-22-15/h1-2,4,7-11,24H,3,5-6,12H2. The molecule has 1 aliphatic carbocycles. The third kappa shape index (κ3) is 3.31. The van der Waals surface area contributed by atoms with Crippen LogP contribution in [-0.4, -0.2) is 15.1 Å². The Morgan fingerprint density at radius 1 is 1.12 bits per heavy atom. The molecule has 2 heterocycles. The van der Waals surface area contributed by atoms with Crippen LogP contribution in [0.25, 0.3) is 11.1 Å². The van der Waals surface area contributed by atoms with Gasteiger partial charge in [-0.2, -0.15) is 0 Å². The number of nitrogens with zero attached hydrogens (tertiary/aromatic N) is 2. The molecule has 4 rings (SSSR count). The second-order valence-electron chi connectivity index (χ2n) is 6.09. The molecule has 4 nitrogen and oxygen atoms in total. The summed E-state index contributed by atoms with van der Waals surface area (Å²) in [5.74, 6) is -0.0610. The highest BCUT2D eigenvalue weighted by atomic mass is 19.1. The molecule has 1 N–H and O–H groups in total. The molecule has 2 aromatic heterocycles. The summed E-state index contributed by atoms with van der Waals surface area (Å²) in [6.07, 6.45) is 4.51. The highest BCUT2D eigenvalue weighted by Crippen LogP contribution is 2.35. The molecule has 5 heteroatoms. The molecule has 0 radical (unpaired) electrons. The summed E-state index contributed by atoms with van der Waals surface area (Å²) in [5.41, 5.74) is 4.41. The van der Waals surface area contributed by atoms with Gasteiger partial charge >= 0.3 is 0 Å². The molecule has 0 saturated heterocycles. The van der Waals surface area contributed by atoms with E-state index < -0.39 is 5.82 Å². The van der Waals surface area contributed by atoms with Crippen molar-refractivity contribution in [1.82, 2.24) is 9.97 Å². The van der Waals surface area contributed by atoms with Crippen LogP contribution in [0.3, 0.4) is 0 Å². The lowest BCUT2D eigenvalue weighted by Gasteiger charge is -2.13. The minimum atomic E-state index is -0.463. The van der Waals surface area contributed by atoms with Gasteiger partial charge < -0.3 is 9.84 Å². The number of ether oxygens (including phenoxy) is 1. The lowest BCUT2D eigenvalue weighted by Crippen LogP contribution is -2.02. The Balaban J connectivity index is 1.70. The van der Waals surface area contributed by atoms with E-state index in [4.69, 9.17) is 4.74 Å². The van der Waals surface area contributed by atoms with Crippen LogP contribution in [0.1, 0.15) is 23.4 Å². The van der Waals surface area contributed by atoms with Crippen LogP contribution in [0.5, 0.6) is 11.6 Å². The third-order valence-corrected chi connectivity index (χ3v) is 4.31. The van der Waals surface area contributed by atoms with Crippen molar-refractivity contribution in [3.8, 4) is 22.8 Å². The maximum Gasteiger partial charge on any atom is 0.214 e. The van der Waals surface area contributed by atoms with Crippen LogP contribution in [-0.2, 0) is 19.4 Å². The van der Waals surface area contributed by atoms with Crippen molar-refractivity contribution >= 4 is 0 Å². The molecule has 1 aromatic carbocycles. The molecule has 1 aliphatic rings.